The molecule has 0 N–H and O–H groups in total. The van der Waals surface area contributed by atoms with Crippen LogP contribution in [0.2, 0.25) is 0 Å². The maximum Gasteiger partial charge on any atom is 0.428 e. The molecule has 148 valence electrons. The number of alkyl halides is 14. The van der Waals surface area contributed by atoms with Gasteiger partial charge in [0.15, 0.2) is 0 Å². The van der Waals surface area contributed by atoms with Gasteiger partial charge in [-0.05, 0) is 0 Å². The zero-order chi connectivity index (χ0) is 20.1. The Hall–Kier alpha value is -1.06. The van der Waals surface area contributed by atoms with Crippen LogP contribution >= 0.6 is 0 Å². The molecule has 0 aromatic rings. The van der Waals surface area contributed by atoms with E-state index in [-0.39, 0.29) is 7.11 Å². The van der Waals surface area contributed by atoms with Gasteiger partial charge in [0.25, 0.3) is 6.17 Å². The van der Waals surface area contributed by atoms with E-state index in [9.17, 15) is 61.5 Å². The third-order valence-electron chi connectivity index (χ3n) is 1.63. The highest BCUT2D eigenvalue weighted by molar-refractivity contribution is 4.74. The Balaban J connectivity index is 0. The molecular formula is C8H6F14O2. The number of halogens is 14. The van der Waals surface area contributed by atoms with E-state index >= 15 is 0 Å². The van der Waals surface area contributed by atoms with Gasteiger partial charge in [0.05, 0.1) is 0 Å². The lowest BCUT2D eigenvalue weighted by Crippen LogP contribution is -2.42. The first-order valence-electron chi connectivity index (χ1n) is 4.97. The van der Waals surface area contributed by atoms with E-state index in [0.717, 1.165) is 0 Å². The quantitative estimate of drug-likeness (QED) is 0.594. The molecule has 16 heteroatoms. The van der Waals surface area contributed by atoms with Crippen LogP contribution in [0.5, 0.6) is 0 Å². The van der Waals surface area contributed by atoms with Crippen molar-refractivity contribution in [2.75, 3.05) is 7.11 Å². The second-order valence-electron chi connectivity index (χ2n) is 3.50. The first-order chi connectivity index (χ1) is 10.3. The van der Waals surface area contributed by atoms with E-state index in [4.69, 9.17) is 0 Å². The van der Waals surface area contributed by atoms with Crippen LogP contribution in [0.25, 0.3) is 0 Å². The van der Waals surface area contributed by atoms with Crippen LogP contribution in [-0.4, -0.2) is 50.6 Å². The molecule has 0 aromatic heterocycles. The fourth-order valence-corrected chi connectivity index (χ4v) is 0.565. The molecule has 1 unspecified atom stereocenters. The van der Waals surface area contributed by atoms with E-state index in [2.05, 4.69) is 4.74 Å². The molecule has 1 atom stereocenters. The molecule has 0 spiro atoms. The molecule has 0 saturated carbocycles. The number of hydrogen-bond donors (Lipinski definition) is 0. The van der Waals surface area contributed by atoms with Crippen LogP contribution in [-0.2, 0) is 9.47 Å². The minimum absolute atomic E-state index is 0.290. The molecule has 0 aromatic carbocycles. The Bertz CT molecular complexity index is 346. The summed E-state index contributed by atoms with van der Waals surface area (Å²) in [4.78, 5) is 0. The smallest absolute Gasteiger partial charge is 0.321 e. The fraction of sp³-hybridized carbons (Fsp3) is 1.00. The third kappa shape index (κ3) is 8.16. The van der Waals surface area contributed by atoms with Gasteiger partial charge in [-0.2, -0.15) is 39.5 Å². The molecule has 0 aliphatic heterocycles. The summed E-state index contributed by atoms with van der Waals surface area (Å²) in [6.07, 6.45) is -35.1. The molecule has 0 amide bonds. The van der Waals surface area contributed by atoms with Crippen molar-refractivity contribution in [1.82, 2.24) is 0 Å². The summed E-state index contributed by atoms with van der Waals surface area (Å²) in [5.41, 5.74) is 0. The summed E-state index contributed by atoms with van der Waals surface area (Å²) in [5.74, 6) is 0. The first kappa shape index (κ1) is 25.2. The molecule has 0 fully saturated rings. The average Bonchev–Trinajstić information content (AvgIpc) is 2.35. The average molecular weight is 400 g/mol. The Morgan fingerprint density at radius 2 is 0.875 bits per heavy atom. The van der Waals surface area contributed by atoms with Crippen molar-refractivity contribution in [3.8, 4) is 0 Å². The highest BCUT2D eigenvalue weighted by atomic mass is 19.4. The number of ether oxygens (including phenoxy) is 2. The zero-order valence-corrected chi connectivity index (χ0v) is 10.8. The first-order valence-corrected chi connectivity index (χ1v) is 4.97. The van der Waals surface area contributed by atoms with E-state index in [1.807, 2.05) is 4.74 Å². The number of hydrogen-bond acceptors (Lipinski definition) is 2. The van der Waals surface area contributed by atoms with E-state index < -0.39 is 43.5 Å². The zero-order valence-electron chi connectivity index (χ0n) is 10.8. The summed E-state index contributed by atoms with van der Waals surface area (Å²) < 4.78 is 165. The van der Waals surface area contributed by atoms with Gasteiger partial charge in [-0.25, -0.2) is 26.7 Å². The topological polar surface area (TPSA) is 18.5 Å². The van der Waals surface area contributed by atoms with Crippen LogP contribution in [0.15, 0.2) is 0 Å². The lowest BCUT2D eigenvalue weighted by Gasteiger charge is -2.21. The van der Waals surface area contributed by atoms with Crippen molar-refractivity contribution < 1.29 is 70.9 Å². The summed E-state index contributed by atoms with van der Waals surface area (Å²) in [6, 6.07) is 0. The standard InChI is InChI=1S/C4H2F8O.C4H4F6O/c5-1(6)3(9,10)13-4(11,12)2(7)8;1-11-4(9,10)2(5)3(6,7)8/h1-2H;2H,1H3. The predicted molar refractivity (Wildman–Crippen MR) is 45.9 cm³/mol. The monoisotopic (exact) mass is 400 g/mol. The molecule has 0 rings (SSSR count). The lowest BCUT2D eigenvalue weighted by atomic mass is 10.3. The maximum absolute atomic E-state index is 11.7. The van der Waals surface area contributed by atoms with Gasteiger partial charge in [-0.15, -0.1) is 0 Å². The number of rotatable bonds is 6. The molecular weight excluding hydrogens is 394 g/mol. The Labute approximate surface area is 123 Å². The van der Waals surface area contributed by atoms with Crippen molar-refractivity contribution in [2.24, 2.45) is 0 Å². The highest BCUT2D eigenvalue weighted by Gasteiger charge is 2.57. The van der Waals surface area contributed by atoms with Crippen molar-refractivity contribution in [2.45, 2.75) is 43.5 Å². The van der Waals surface area contributed by atoms with Crippen molar-refractivity contribution in [1.29, 1.82) is 0 Å². The van der Waals surface area contributed by atoms with Crippen molar-refractivity contribution in [3.05, 3.63) is 0 Å². The minimum atomic E-state index is -5.60. The van der Waals surface area contributed by atoms with Crippen molar-refractivity contribution >= 4 is 0 Å². The predicted octanol–water partition coefficient (Wildman–Crippen LogP) is 4.84. The van der Waals surface area contributed by atoms with Crippen LogP contribution in [0, 0.1) is 0 Å². The SMILES string of the molecule is COC(F)(F)C(F)C(F)(F)F.FC(F)C(F)(F)OC(F)(F)C(F)F. The summed E-state index contributed by atoms with van der Waals surface area (Å²) in [5, 5.41) is 0. The molecule has 24 heavy (non-hydrogen) atoms. The van der Waals surface area contributed by atoms with Crippen LogP contribution < -0.4 is 0 Å². The summed E-state index contributed by atoms with van der Waals surface area (Å²) >= 11 is 0. The van der Waals surface area contributed by atoms with Gasteiger partial charge >= 0.3 is 37.4 Å². The second-order valence-corrected chi connectivity index (χ2v) is 3.50. The van der Waals surface area contributed by atoms with Gasteiger partial charge in [-0.3, -0.25) is 0 Å². The van der Waals surface area contributed by atoms with Gasteiger partial charge in [-0.1, -0.05) is 0 Å². The Morgan fingerprint density at radius 1 is 0.583 bits per heavy atom. The van der Waals surface area contributed by atoms with E-state index in [1.165, 1.54) is 0 Å². The molecule has 0 bridgehead atoms. The molecule has 2 nitrogen and oxygen atoms in total. The lowest BCUT2D eigenvalue weighted by molar-refractivity contribution is -0.428. The normalized spacial score (nSPS) is 15.4. The van der Waals surface area contributed by atoms with Crippen molar-refractivity contribution in [3.63, 3.8) is 0 Å². The number of methoxy groups -OCH3 is 1. The van der Waals surface area contributed by atoms with E-state index in [1.54, 1.807) is 0 Å². The highest BCUT2D eigenvalue weighted by Crippen LogP contribution is 2.35. The van der Waals surface area contributed by atoms with Gasteiger partial charge in [0, 0.05) is 7.11 Å². The van der Waals surface area contributed by atoms with Gasteiger partial charge in [0.2, 0.25) is 0 Å². The summed E-state index contributed by atoms with van der Waals surface area (Å²) in [6.45, 7) is 0. The Kier molecular flexibility index (Phi) is 8.76. The summed E-state index contributed by atoms with van der Waals surface area (Å²) in [7, 11) is 0.290. The second kappa shape index (κ2) is 8.35. The van der Waals surface area contributed by atoms with Crippen LogP contribution in [0.3, 0.4) is 0 Å². The fourth-order valence-electron chi connectivity index (χ4n) is 0.565. The molecule has 0 saturated heterocycles. The third-order valence-corrected chi connectivity index (χ3v) is 1.63. The maximum atomic E-state index is 11.7. The molecule has 0 heterocycles. The molecule has 0 aliphatic rings. The molecule has 0 aliphatic carbocycles. The van der Waals surface area contributed by atoms with Crippen LogP contribution in [0.1, 0.15) is 0 Å². The molecule has 0 radical (unpaired) electrons. The largest absolute Gasteiger partial charge is 0.428 e. The van der Waals surface area contributed by atoms with Gasteiger partial charge < -0.3 is 4.74 Å². The van der Waals surface area contributed by atoms with Crippen LogP contribution in [0.4, 0.5) is 61.5 Å². The van der Waals surface area contributed by atoms with E-state index in [0.29, 0.717) is 0 Å². The Morgan fingerprint density at radius 3 is 1.00 bits per heavy atom. The minimum Gasteiger partial charge on any atom is -0.321 e. The van der Waals surface area contributed by atoms with Gasteiger partial charge in [0.1, 0.15) is 0 Å².